The van der Waals surface area contributed by atoms with Gasteiger partial charge in [0, 0.05) is 13.1 Å². The zero-order valence-electron chi connectivity index (χ0n) is 11.6. The van der Waals surface area contributed by atoms with Crippen molar-refractivity contribution in [2.24, 2.45) is 0 Å². The summed E-state index contributed by atoms with van der Waals surface area (Å²) in [6.07, 6.45) is 2.81. The first-order valence-corrected chi connectivity index (χ1v) is 8.47. The van der Waals surface area contributed by atoms with Gasteiger partial charge >= 0.3 is 0 Å². The van der Waals surface area contributed by atoms with E-state index in [1.165, 1.54) is 5.56 Å². The molecule has 20 heavy (non-hydrogen) atoms. The third-order valence-electron chi connectivity index (χ3n) is 3.38. The van der Waals surface area contributed by atoms with Crippen LogP contribution in [0.4, 0.5) is 0 Å². The van der Waals surface area contributed by atoms with Gasteiger partial charge in [0.15, 0.2) is 0 Å². The van der Waals surface area contributed by atoms with Gasteiger partial charge in [0.1, 0.15) is 0 Å². The molecule has 0 unspecified atom stereocenters. The van der Waals surface area contributed by atoms with E-state index in [0.29, 0.717) is 26.1 Å². The van der Waals surface area contributed by atoms with E-state index in [-0.39, 0.29) is 11.9 Å². The summed E-state index contributed by atoms with van der Waals surface area (Å²) < 4.78 is 31.6. The lowest BCUT2D eigenvalue weighted by Crippen LogP contribution is -2.47. The van der Waals surface area contributed by atoms with Crippen LogP contribution in [0.5, 0.6) is 0 Å². The number of hydrogen-bond acceptors (Lipinski definition) is 3. The largest absolute Gasteiger partial charge is 0.375 e. The Labute approximate surface area is 121 Å². The number of ether oxygens (including phenoxy) is 1. The van der Waals surface area contributed by atoms with Crippen LogP contribution in [0.25, 0.3) is 0 Å². The smallest absolute Gasteiger partial charge is 0.214 e. The molecule has 1 fully saturated rings. The lowest BCUT2D eigenvalue weighted by Gasteiger charge is -2.32. The Morgan fingerprint density at radius 2 is 2.10 bits per heavy atom. The molecule has 0 aliphatic carbocycles. The summed E-state index contributed by atoms with van der Waals surface area (Å²) in [6, 6.07) is 10.0. The van der Waals surface area contributed by atoms with E-state index >= 15 is 0 Å². The van der Waals surface area contributed by atoms with Crippen molar-refractivity contribution in [3.05, 3.63) is 48.6 Å². The van der Waals surface area contributed by atoms with Gasteiger partial charge in [-0.1, -0.05) is 36.4 Å². The van der Waals surface area contributed by atoms with Crippen LogP contribution >= 0.6 is 0 Å². The number of nitrogens with zero attached hydrogens (tertiary/aromatic N) is 1. The van der Waals surface area contributed by atoms with Crippen molar-refractivity contribution < 1.29 is 13.2 Å². The van der Waals surface area contributed by atoms with Gasteiger partial charge in [-0.3, -0.25) is 0 Å². The van der Waals surface area contributed by atoms with E-state index < -0.39 is 10.0 Å². The van der Waals surface area contributed by atoms with Crippen LogP contribution in [0.1, 0.15) is 12.0 Å². The summed E-state index contributed by atoms with van der Waals surface area (Å²) in [4.78, 5) is 0. The summed E-state index contributed by atoms with van der Waals surface area (Å²) in [5.74, 6) is 0.133. The zero-order valence-corrected chi connectivity index (χ0v) is 12.4. The molecule has 1 saturated heterocycles. The number of hydrogen-bond donors (Lipinski definition) is 0. The van der Waals surface area contributed by atoms with Crippen molar-refractivity contribution in [2.45, 2.75) is 18.9 Å². The van der Waals surface area contributed by atoms with E-state index in [1.54, 1.807) is 10.4 Å². The molecule has 1 aliphatic heterocycles. The standard InChI is InChI=1S/C15H21NO3S/c1-2-3-11-20(17,18)16-9-10-19-15(13-16)12-14-7-5-4-6-8-14/h2,4-8,15H,1,3,9-13H2/t15-/m1/s1. The second kappa shape index (κ2) is 7.02. The van der Waals surface area contributed by atoms with Gasteiger partial charge in [-0.05, 0) is 18.4 Å². The molecule has 0 spiro atoms. The summed E-state index contributed by atoms with van der Waals surface area (Å²) in [5.41, 5.74) is 1.17. The number of allylic oxidation sites excluding steroid dienone is 1. The molecule has 0 amide bonds. The lowest BCUT2D eigenvalue weighted by molar-refractivity contribution is -0.000468. The summed E-state index contributed by atoms with van der Waals surface area (Å²) in [5, 5.41) is 0. The van der Waals surface area contributed by atoms with E-state index in [2.05, 4.69) is 6.58 Å². The molecule has 5 heteroatoms. The highest BCUT2D eigenvalue weighted by Crippen LogP contribution is 2.15. The molecule has 1 aromatic rings. The van der Waals surface area contributed by atoms with Crippen molar-refractivity contribution in [3.63, 3.8) is 0 Å². The highest BCUT2D eigenvalue weighted by atomic mass is 32.2. The first-order chi connectivity index (χ1) is 9.62. The molecule has 0 N–H and O–H groups in total. The topological polar surface area (TPSA) is 46.6 Å². The molecule has 0 radical (unpaired) electrons. The first-order valence-electron chi connectivity index (χ1n) is 6.86. The number of sulfonamides is 1. The van der Waals surface area contributed by atoms with Gasteiger partial charge in [0.05, 0.1) is 18.5 Å². The molecule has 1 heterocycles. The van der Waals surface area contributed by atoms with Crippen LogP contribution in [0, 0.1) is 0 Å². The molecule has 110 valence electrons. The van der Waals surface area contributed by atoms with Crippen molar-refractivity contribution in [1.82, 2.24) is 4.31 Å². The molecular weight excluding hydrogens is 274 g/mol. The quantitative estimate of drug-likeness (QED) is 0.752. The van der Waals surface area contributed by atoms with Crippen LogP contribution < -0.4 is 0 Å². The third kappa shape index (κ3) is 4.16. The predicted octanol–water partition coefficient (Wildman–Crippen LogP) is 1.84. The maximum atomic E-state index is 12.2. The zero-order chi connectivity index (χ0) is 14.4. The highest BCUT2D eigenvalue weighted by molar-refractivity contribution is 7.89. The molecule has 1 atom stereocenters. The first kappa shape index (κ1) is 15.2. The Balaban J connectivity index is 1.96. The predicted molar refractivity (Wildman–Crippen MR) is 80.1 cm³/mol. The maximum absolute atomic E-state index is 12.2. The number of morpholine rings is 1. The molecule has 1 aromatic carbocycles. The van der Waals surface area contributed by atoms with E-state index in [9.17, 15) is 8.42 Å². The van der Waals surface area contributed by atoms with E-state index in [1.807, 2.05) is 30.3 Å². The summed E-state index contributed by atoms with van der Waals surface area (Å²) >= 11 is 0. The van der Waals surface area contributed by atoms with Crippen LogP contribution in [0.15, 0.2) is 43.0 Å². The fraction of sp³-hybridized carbons (Fsp3) is 0.467. The Hall–Kier alpha value is -1.17. The number of benzene rings is 1. The van der Waals surface area contributed by atoms with Crippen LogP contribution in [-0.2, 0) is 21.2 Å². The lowest BCUT2D eigenvalue weighted by atomic mass is 10.1. The monoisotopic (exact) mass is 295 g/mol. The highest BCUT2D eigenvalue weighted by Gasteiger charge is 2.28. The van der Waals surface area contributed by atoms with Crippen molar-refractivity contribution in [3.8, 4) is 0 Å². The van der Waals surface area contributed by atoms with Gasteiger partial charge < -0.3 is 4.74 Å². The average Bonchev–Trinajstić information content (AvgIpc) is 2.47. The Morgan fingerprint density at radius 1 is 1.35 bits per heavy atom. The van der Waals surface area contributed by atoms with Gasteiger partial charge in [-0.25, -0.2) is 8.42 Å². The molecule has 2 rings (SSSR count). The molecule has 0 bridgehead atoms. The van der Waals surface area contributed by atoms with E-state index in [4.69, 9.17) is 4.74 Å². The number of rotatable bonds is 6. The summed E-state index contributed by atoms with van der Waals surface area (Å²) in [6.45, 7) is 4.92. The van der Waals surface area contributed by atoms with Crippen molar-refractivity contribution >= 4 is 10.0 Å². The molecule has 0 saturated carbocycles. The van der Waals surface area contributed by atoms with Crippen molar-refractivity contribution in [1.29, 1.82) is 0 Å². The molecule has 0 aromatic heterocycles. The Bertz CT molecular complexity index is 527. The van der Waals surface area contributed by atoms with Gasteiger partial charge in [0.25, 0.3) is 0 Å². The fourth-order valence-electron chi connectivity index (χ4n) is 2.31. The Kier molecular flexibility index (Phi) is 5.34. The van der Waals surface area contributed by atoms with Crippen molar-refractivity contribution in [2.75, 3.05) is 25.4 Å². The normalized spacial score (nSPS) is 20.7. The van der Waals surface area contributed by atoms with Gasteiger partial charge in [0.2, 0.25) is 10.0 Å². The Morgan fingerprint density at radius 3 is 2.80 bits per heavy atom. The van der Waals surface area contributed by atoms with Crippen LogP contribution in [0.2, 0.25) is 0 Å². The van der Waals surface area contributed by atoms with Crippen LogP contribution in [-0.4, -0.2) is 44.3 Å². The minimum Gasteiger partial charge on any atom is -0.375 e. The summed E-state index contributed by atoms with van der Waals surface area (Å²) in [7, 11) is -3.19. The minimum absolute atomic E-state index is 0.0651. The fourth-order valence-corrected chi connectivity index (χ4v) is 3.78. The average molecular weight is 295 g/mol. The SMILES string of the molecule is C=CCCS(=O)(=O)N1CCO[C@H](Cc2ccccc2)C1. The molecule has 4 nitrogen and oxygen atoms in total. The minimum atomic E-state index is -3.19. The maximum Gasteiger partial charge on any atom is 0.214 e. The molecular formula is C15H21NO3S. The second-order valence-corrected chi connectivity index (χ2v) is 7.02. The second-order valence-electron chi connectivity index (χ2n) is 4.93. The van der Waals surface area contributed by atoms with Crippen LogP contribution in [0.3, 0.4) is 0 Å². The van der Waals surface area contributed by atoms with Gasteiger partial charge in [-0.15, -0.1) is 6.58 Å². The third-order valence-corrected chi connectivity index (χ3v) is 5.25. The molecule has 1 aliphatic rings. The van der Waals surface area contributed by atoms with Gasteiger partial charge in [-0.2, -0.15) is 4.31 Å². The van der Waals surface area contributed by atoms with E-state index in [0.717, 1.165) is 6.42 Å².